The minimum absolute atomic E-state index is 0.0148. The molecule has 0 aliphatic rings. The first-order valence-corrected chi connectivity index (χ1v) is 23.4. The van der Waals surface area contributed by atoms with Gasteiger partial charge in [-0.25, -0.2) is 0 Å². The number of nitrogens with one attached hydrogen (secondary N) is 2. The van der Waals surface area contributed by atoms with Crippen LogP contribution in [0.2, 0.25) is 0 Å². The van der Waals surface area contributed by atoms with Crippen molar-refractivity contribution in [3.05, 3.63) is 55.6 Å². The highest BCUT2D eigenvalue weighted by Crippen LogP contribution is 2.37. The number of benzene rings is 2. The molecular formula is C48H86N6O14. The molecule has 20 nitrogen and oxygen atoms in total. The third-order valence-corrected chi connectivity index (χ3v) is 9.65. The van der Waals surface area contributed by atoms with E-state index in [-0.39, 0.29) is 73.4 Å². The molecule has 2 aromatic rings. The number of aliphatic hydroxyl groups is 8. The van der Waals surface area contributed by atoms with E-state index in [1.807, 2.05) is 69.2 Å². The number of hydrogen-bond donors (Lipinski definition) is 12. The Balaban J connectivity index is -0.00000191. The fourth-order valence-corrected chi connectivity index (χ4v) is 7.02. The van der Waals surface area contributed by atoms with Gasteiger partial charge >= 0.3 is 0 Å². The second-order valence-corrected chi connectivity index (χ2v) is 13.8. The summed E-state index contributed by atoms with van der Waals surface area (Å²) in [5.41, 5.74) is 11.1. The number of hydrogen-bond acceptors (Lipinski definition) is 14. The van der Waals surface area contributed by atoms with Crippen LogP contribution in [-0.4, -0.2) is 153 Å². The minimum Gasteiger partial charge on any atom is -0.394 e. The van der Waals surface area contributed by atoms with Gasteiger partial charge in [-0.3, -0.25) is 28.8 Å². The molecule has 20 heteroatoms. The van der Waals surface area contributed by atoms with Crippen molar-refractivity contribution in [3.63, 3.8) is 0 Å². The summed E-state index contributed by atoms with van der Waals surface area (Å²) in [6, 6.07) is 0. The number of nitrogens with two attached hydrogens (primary N) is 2. The maximum Gasteiger partial charge on any atom is 0.252 e. The first-order chi connectivity index (χ1) is 32.1. The predicted octanol–water partition coefficient (Wildman–Crippen LogP) is 1.75. The molecule has 0 radical (unpaired) electrons. The zero-order valence-electron chi connectivity index (χ0n) is 43.5. The Kier molecular flexibility index (Phi) is 37.7. The van der Waals surface area contributed by atoms with E-state index in [9.17, 15) is 69.6 Å². The fraction of sp³-hybridized carbons (Fsp3) is 0.625. The first-order valence-electron chi connectivity index (χ1n) is 23.4. The molecule has 0 saturated heterocycles. The Morgan fingerprint density at radius 3 is 1.09 bits per heavy atom. The normalized spacial score (nSPS) is 11.8. The molecule has 4 atom stereocenters. The van der Waals surface area contributed by atoms with Gasteiger partial charge in [-0.15, -0.1) is 0 Å². The molecule has 0 aromatic heterocycles. The molecular weight excluding hydrogens is 885 g/mol. The van der Waals surface area contributed by atoms with E-state index < -0.39 is 119 Å². The van der Waals surface area contributed by atoms with Gasteiger partial charge in [-0.1, -0.05) is 76.2 Å². The van der Waals surface area contributed by atoms with Gasteiger partial charge in [0.1, 0.15) is 6.42 Å². The van der Waals surface area contributed by atoms with Crippen LogP contribution in [0.1, 0.15) is 157 Å². The van der Waals surface area contributed by atoms with Crippen LogP contribution in [0, 0.1) is 34.6 Å². The summed E-state index contributed by atoms with van der Waals surface area (Å²) < 4.78 is 0. The summed E-state index contributed by atoms with van der Waals surface area (Å²) >= 11 is 0. The lowest BCUT2D eigenvalue weighted by Gasteiger charge is -2.33. The summed E-state index contributed by atoms with van der Waals surface area (Å²) in [6.07, 6.45) is -7.00. The highest BCUT2D eigenvalue weighted by molar-refractivity contribution is 6.14. The van der Waals surface area contributed by atoms with E-state index in [0.717, 1.165) is 9.80 Å². The number of rotatable bonds is 21. The molecule has 0 heterocycles. The number of anilines is 2. The molecule has 0 aliphatic carbocycles. The average Bonchev–Trinajstić information content (AvgIpc) is 3.33. The third kappa shape index (κ3) is 19.1. The zero-order valence-corrected chi connectivity index (χ0v) is 43.5. The fourth-order valence-electron chi connectivity index (χ4n) is 7.02. The Labute approximate surface area is 403 Å². The van der Waals surface area contributed by atoms with E-state index in [4.69, 9.17) is 11.5 Å². The van der Waals surface area contributed by atoms with Crippen LogP contribution < -0.4 is 31.9 Å². The SMILES string of the molecule is CC.CC.CC.CC.CC.CCc1c(C(=O)NCC(O)CO)c(C)c(C(N)=O)c(C)c1N(CC(O)CO)C(=O)CC(=O)N(CC(O)CO)c1c(C)c(C(N)=O)c(C)c(C(=O)NCC(O)CO)c1C. The van der Waals surface area contributed by atoms with Crippen LogP contribution >= 0.6 is 0 Å². The molecule has 68 heavy (non-hydrogen) atoms. The van der Waals surface area contributed by atoms with Crippen LogP contribution in [-0.2, 0) is 16.0 Å². The topological polar surface area (TPSA) is 347 Å². The molecule has 2 aromatic carbocycles. The molecule has 0 aliphatic heterocycles. The molecule has 0 bridgehead atoms. The van der Waals surface area contributed by atoms with Crippen LogP contribution in [0.25, 0.3) is 0 Å². The van der Waals surface area contributed by atoms with E-state index in [2.05, 4.69) is 10.6 Å². The van der Waals surface area contributed by atoms with E-state index in [0.29, 0.717) is 0 Å². The highest BCUT2D eigenvalue weighted by Gasteiger charge is 2.35. The molecule has 392 valence electrons. The van der Waals surface area contributed by atoms with Crippen molar-refractivity contribution in [1.82, 2.24) is 10.6 Å². The lowest BCUT2D eigenvalue weighted by Crippen LogP contribution is -2.46. The summed E-state index contributed by atoms with van der Waals surface area (Å²) in [5.74, 6) is -5.79. The summed E-state index contributed by atoms with van der Waals surface area (Å²) in [5, 5.41) is 84.1. The summed E-state index contributed by atoms with van der Waals surface area (Å²) in [4.78, 5) is 83.5. The minimum atomic E-state index is -1.63. The van der Waals surface area contributed by atoms with Gasteiger partial charge in [0.25, 0.3) is 11.8 Å². The number of primary amides is 2. The molecule has 6 amide bonds. The van der Waals surface area contributed by atoms with Crippen molar-refractivity contribution in [3.8, 4) is 0 Å². The van der Waals surface area contributed by atoms with Crippen LogP contribution in [0.4, 0.5) is 11.4 Å². The van der Waals surface area contributed by atoms with Gasteiger partial charge in [-0.05, 0) is 74.4 Å². The lowest BCUT2D eigenvalue weighted by atomic mass is 9.87. The number of amides is 6. The van der Waals surface area contributed by atoms with Gasteiger partial charge in [0.2, 0.25) is 23.6 Å². The smallest absolute Gasteiger partial charge is 0.252 e. The van der Waals surface area contributed by atoms with Crippen molar-refractivity contribution in [2.24, 2.45) is 11.5 Å². The van der Waals surface area contributed by atoms with Crippen molar-refractivity contribution in [2.45, 2.75) is 148 Å². The Hall–Kier alpha value is -5.06. The molecule has 0 saturated carbocycles. The molecule has 0 fully saturated rings. The summed E-state index contributed by atoms with van der Waals surface area (Å²) in [6.45, 7) is 23.5. The predicted molar refractivity (Wildman–Crippen MR) is 266 cm³/mol. The van der Waals surface area contributed by atoms with Gasteiger partial charge in [0.15, 0.2) is 0 Å². The Bertz CT molecular complexity index is 1890. The van der Waals surface area contributed by atoms with Gasteiger partial charge in [-0.2, -0.15) is 0 Å². The van der Waals surface area contributed by atoms with Crippen molar-refractivity contribution >= 4 is 46.8 Å². The quantitative estimate of drug-likeness (QED) is 0.0794. The Morgan fingerprint density at radius 2 is 0.765 bits per heavy atom. The standard InChI is InChI=1S/C38H56N6O14.5C2H6/c1-7-26-32(38(58)42-10-23(50)14-46)18(3)30(36(40)56)20(5)34(26)44(12-25(52)16-48)28(54)8-27(53)43(11-24(51)15-47)33-19(4)29(35(39)55)17(2)31(21(33)6)37(57)41-9-22(49)13-45;5*1-2/h22-25,45-52H,7-16H2,1-6H3,(H2,39,55)(H2,40,56)(H,41,57)(H,42,58);5*1-2H3. The van der Waals surface area contributed by atoms with E-state index in [1.165, 1.54) is 34.6 Å². The summed E-state index contributed by atoms with van der Waals surface area (Å²) in [7, 11) is 0. The van der Waals surface area contributed by atoms with Gasteiger partial charge < -0.3 is 72.8 Å². The van der Waals surface area contributed by atoms with E-state index in [1.54, 1.807) is 6.92 Å². The van der Waals surface area contributed by atoms with Crippen molar-refractivity contribution in [2.75, 3.05) is 62.4 Å². The molecule has 4 unspecified atom stereocenters. The number of carbonyl (C=O) groups is 6. The second kappa shape index (κ2) is 36.9. The lowest BCUT2D eigenvalue weighted by molar-refractivity contribution is -0.127. The molecule has 2 rings (SSSR count). The number of carbonyl (C=O) groups excluding carboxylic acids is 6. The van der Waals surface area contributed by atoms with Crippen LogP contribution in [0.5, 0.6) is 0 Å². The number of aliphatic hydroxyl groups excluding tert-OH is 8. The number of nitrogens with zero attached hydrogens (tertiary/aromatic N) is 2. The van der Waals surface area contributed by atoms with Crippen LogP contribution in [0.3, 0.4) is 0 Å². The maximum absolute atomic E-state index is 14.5. The monoisotopic (exact) mass is 971 g/mol. The largest absolute Gasteiger partial charge is 0.394 e. The van der Waals surface area contributed by atoms with Crippen molar-refractivity contribution < 1.29 is 69.6 Å². The molecule has 0 spiro atoms. The highest BCUT2D eigenvalue weighted by atomic mass is 16.3. The van der Waals surface area contributed by atoms with Crippen LogP contribution in [0.15, 0.2) is 0 Å². The Morgan fingerprint density at radius 1 is 0.471 bits per heavy atom. The average molecular weight is 971 g/mol. The first kappa shape index (κ1) is 69.5. The second-order valence-electron chi connectivity index (χ2n) is 13.8. The van der Waals surface area contributed by atoms with Crippen molar-refractivity contribution in [1.29, 1.82) is 0 Å². The molecule has 14 N–H and O–H groups in total. The maximum atomic E-state index is 14.5. The van der Waals surface area contributed by atoms with Gasteiger partial charge in [0.05, 0.1) is 75.3 Å². The third-order valence-electron chi connectivity index (χ3n) is 9.65. The van der Waals surface area contributed by atoms with Gasteiger partial charge in [0, 0.05) is 35.3 Å². The van der Waals surface area contributed by atoms with E-state index >= 15 is 0 Å². The zero-order chi connectivity index (χ0) is 54.3.